The van der Waals surface area contributed by atoms with Gasteiger partial charge in [-0.25, -0.2) is 18.4 Å². The van der Waals surface area contributed by atoms with Crippen LogP contribution in [0.15, 0.2) is 18.6 Å². The first-order chi connectivity index (χ1) is 6.99. The highest BCUT2D eigenvalue weighted by Crippen LogP contribution is 2.12. The SMILES string of the molecule is CS(=O)(=O)CCCC(N)c1ccncn1. The molecule has 15 heavy (non-hydrogen) atoms. The standard InChI is InChI=1S/C9H15N3O2S/c1-15(13,14)6-2-3-8(10)9-4-5-11-7-12-9/h4-5,7-8H,2-3,6,10H2,1H3. The number of aromatic nitrogens is 2. The van der Waals surface area contributed by atoms with Gasteiger partial charge in [0, 0.05) is 24.2 Å². The van der Waals surface area contributed by atoms with Crippen molar-refractivity contribution in [3.63, 3.8) is 0 Å². The summed E-state index contributed by atoms with van der Waals surface area (Å²) in [6.07, 6.45) is 5.46. The van der Waals surface area contributed by atoms with E-state index in [0.29, 0.717) is 12.8 Å². The average molecular weight is 229 g/mol. The van der Waals surface area contributed by atoms with Crippen LogP contribution >= 0.6 is 0 Å². The maximum absolute atomic E-state index is 10.9. The third-order valence-corrected chi connectivity index (χ3v) is 3.05. The van der Waals surface area contributed by atoms with Gasteiger partial charge in [-0.05, 0) is 18.9 Å². The van der Waals surface area contributed by atoms with Crippen LogP contribution in [0.3, 0.4) is 0 Å². The first-order valence-corrected chi connectivity index (χ1v) is 6.74. The summed E-state index contributed by atoms with van der Waals surface area (Å²) in [5.74, 6) is 0.172. The van der Waals surface area contributed by atoms with Crippen LogP contribution in [0.4, 0.5) is 0 Å². The predicted molar refractivity (Wildman–Crippen MR) is 57.9 cm³/mol. The lowest BCUT2D eigenvalue weighted by atomic mass is 10.1. The molecule has 0 aliphatic carbocycles. The van der Waals surface area contributed by atoms with Crippen molar-refractivity contribution in [2.75, 3.05) is 12.0 Å². The number of sulfone groups is 1. The molecule has 1 heterocycles. The fourth-order valence-electron chi connectivity index (χ4n) is 1.23. The lowest BCUT2D eigenvalue weighted by Crippen LogP contribution is -2.14. The molecule has 1 aromatic rings. The highest BCUT2D eigenvalue weighted by atomic mass is 32.2. The Hall–Kier alpha value is -1.01. The summed E-state index contributed by atoms with van der Waals surface area (Å²) >= 11 is 0. The van der Waals surface area contributed by atoms with E-state index in [-0.39, 0.29) is 11.8 Å². The molecule has 2 N–H and O–H groups in total. The van der Waals surface area contributed by atoms with Crippen LogP contribution in [-0.4, -0.2) is 30.4 Å². The highest BCUT2D eigenvalue weighted by molar-refractivity contribution is 7.90. The predicted octanol–water partition coefficient (Wildman–Crippen LogP) is 0.301. The maximum Gasteiger partial charge on any atom is 0.147 e. The van der Waals surface area contributed by atoms with Gasteiger partial charge in [-0.3, -0.25) is 0 Å². The second-order valence-corrected chi connectivity index (χ2v) is 5.77. The maximum atomic E-state index is 10.9. The fourth-order valence-corrected chi connectivity index (χ4v) is 1.92. The molecule has 0 aliphatic rings. The molecular weight excluding hydrogens is 214 g/mol. The van der Waals surface area contributed by atoms with Gasteiger partial charge in [0.15, 0.2) is 0 Å². The van der Waals surface area contributed by atoms with Crippen LogP contribution in [0.1, 0.15) is 24.6 Å². The molecule has 1 aromatic heterocycles. The average Bonchev–Trinajstić information content (AvgIpc) is 2.17. The number of hydrogen-bond donors (Lipinski definition) is 1. The Morgan fingerprint density at radius 1 is 1.53 bits per heavy atom. The lowest BCUT2D eigenvalue weighted by molar-refractivity contribution is 0.584. The van der Waals surface area contributed by atoms with Crippen LogP contribution < -0.4 is 5.73 Å². The molecule has 5 nitrogen and oxygen atoms in total. The molecule has 0 amide bonds. The first kappa shape index (κ1) is 12.1. The summed E-state index contributed by atoms with van der Waals surface area (Å²) in [6.45, 7) is 0. The Balaban J connectivity index is 2.41. The van der Waals surface area contributed by atoms with Crippen molar-refractivity contribution in [1.29, 1.82) is 0 Å². The second-order valence-electron chi connectivity index (χ2n) is 3.51. The van der Waals surface area contributed by atoms with E-state index < -0.39 is 9.84 Å². The summed E-state index contributed by atoms with van der Waals surface area (Å²) in [5.41, 5.74) is 6.59. The minimum atomic E-state index is -2.89. The Kier molecular flexibility index (Phi) is 4.16. The zero-order valence-electron chi connectivity index (χ0n) is 8.63. The van der Waals surface area contributed by atoms with Crippen LogP contribution in [0.5, 0.6) is 0 Å². The Morgan fingerprint density at radius 3 is 2.80 bits per heavy atom. The largest absolute Gasteiger partial charge is 0.323 e. The summed E-state index contributed by atoms with van der Waals surface area (Å²) in [4.78, 5) is 7.79. The van der Waals surface area contributed by atoms with E-state index in [1.165, 1.54) is 12.6 Å². The smallest absolute Gasteiger partial charge is 0.147 e. The van der Waals surface area contributed by atoms with Gasteiger partial charge in [-0.2, -0.15) is 0 Å². The molecule has 0 radical (unpaired) electrons. The second kappa shape index (κ2) is 5.18. The van der Waals surface area contributed by atoms with Crippen molar-refractivity contribution in [2.24, 2.45) is 5.73 Å². The minimum absolute atomic E-state index is 0.172. The van der Waals surface area contributed by atoms with E-state index in [1.54, 1.807) is 12.3 Å². The molecule has 0 bridgehead atoms. The van der Waals surface area contributed by atoms with Crippen molar-refractivity contribution < 1.29 is 8.42 Å². The van der Waals surface area contributed by atoms with Crippen LogP contribution in [0, 0.1) is 0 Å². The monoisotopic (exact) mass is 229 g/mol. The van der Waals surface area contributed by atoms with E-state index in [2.05, 4.69) is 9.97 Å². The molecule has 84 valence electrons. The van der Waals surface area contributed by atoms with Gasteiger partial charge in [-0.15, -0.1) is 0 Å². The Morgan fingerprint density at radius 2 is 2.27 bits per heavy atom. The van der Waals surface area contributed by atoms with Gasteiger partial charge in [0.1, 0.15) is 16.2 Å². The molecule has 0 saturated heterocycles. The molecular formula is C9H15N3O2S. The molecule has 6 heteroatoms. The zero-order chi connectivity index (χ0) is 11.3. The molecule has 1 unspecified atom stereocenters. The van der Waals surface area contributed by atoms with Gasteiger partial charge < -0.3 is 5.73 Å². The van der Waals surface area contributed by atoms with Gasteiger partial charge in [0.2, 0.25) is 0 Å². The molecule has 1 rings (SSSR count). The number of nitrogens with zero attached hydrogens (tertiary/aromatic N) is 2. The van der Waals surface area contributed by atoms with Crippen molar-refractivity contribution >= 4 is 9.84 Å². The lowest BCUT2D eigenvalue weighted by Gasteiger charge is -2.09. The molecule has 0 aromatic carbocycles. The molecule has 0 fully saturated rings. The van der Waals surface area contributed by atoms with Gasteiger partial charge >= 0.3 is 0 Å². The molecule has 0 aliphatic heterocycles. The first-order valence-electron chi connectivity index (χ1n) is 4.68. The Bertz CT molecular complexity index is 391. The summed E-state index contributed by atoms with van der Waals surface area (Å²) in [7, 11) is -2.89. The number of rotatable bonds is 5. The summed E-state index contributed by atoms with van der Waals surface area (Å²) in [5, 5.41) is 0. The van der Waals surface area contributed by atoms with E-state index in [9.17, 15) is 8.42 Å². The van der Waals surface area contributed by atoms with E-state index in [0.717, 1.165) is 5.69 Å². The van der Waals surface area contributed by atoms with E-state index in [4.69, 9.17) is 5.73 Å². The van der Waals surface area contributed by atoms with Gasteiger partial charge in [-0.1, -0.05) is 0 Å². The Labute approximate surface area is 89.7 Å². The molecule has 0 spiro atoms. The normalized spacial score (nSPS) is 13.7. The summed E-state index contributed by atoms with van der Waals surface area (Å²) in [6, 6.07) is 1.53. The third-order valence-electron chi connectivity index (χ3n) is 2.01. The quantitative estimate of drug-likeness (QED) is 0.784. The van der Waals surface area contributed by atoms with E-state index in [1.807, 2.05) is 0 Å². The minimum Gasteiger partial charge on any atom is -0.323 e. The van der Waals surface area contributed by atoms with Gasteiger partial charge in [0.25, 0.3) is 0 Å². The zero-order valence-corrected chi connectivity index (χ0v) is 9.44. The third kappa shape index (κ3) is 4.85. The molecule has 0 saturated carbocycles. The van der Waals surface area contributed by atoms with Crippen molar-refractivity contribution in [2.45, 2.75) is 18.9 Å². The van der Waals surface area contributed by atoms with Crippen molar-refractivity contribution in [3.05, 3.63) is 24.3 Å². The van der Waals surface area contributed by atoms with Gasteiger partial charge in [0.05, 0.1) is 5.69 Å². The van der Waals surface area contributed by atoms with E-state index >= 15 is 0 Å². The van der Waals surface area contributed by atoms with Crippen LogP contribution in [0.25, 0.3) is 0 Å². The van der Waals surface area contributed by atoms with Crippen LogP contribution in [0.2, 0.25) is 0 Å². The number of nitrogens with two attached hydrogens (primary N) is 1. The number of hydrogen-bond acceptors (Lipinski definition) is 5. The topological polar surface area (TPSA) is 85.9 Å². The van der Waals surface area contributed by atoms with Crippen molar-refractivity contribution in [1.82, 2.24) is 9.97 Å². The van der Waals surface area contributed by atoms with Crippen molar-refractivity contribution in [3.8, 4) is 0 Å². The highest BCUT2D eigenvalue weighted by Gasteiger charge is 2.08. The molecule has 1 atom stereocenters. The van der Waals surface area contributed by atoms with Crippen LogP contribution in [-0.2, 0) is 9.84 Å². The fraction of sp³-hybridized carbons (Fsp3) is 0.556. The summed E-state index contributed by atoms with van der Waals surface area (Å²) < 4.78 is 21.8.